The Kier molecular flexibility index (Phi) is 7.38. The van der Waals surface area contributed by atoms with E-state index in [1.54, 1.807) is 24.5 Å². The maximum Gasteiger partial charge on any atom is 0.319 e. The van der Waals surface area contributed by atoms with Crippen LogP contribution >= 0.6 is 0 Å². The highest BCUT2D eigenvalue weighted by molar-refractivity contribution is 5.89. The molecule has 0 fully saturated rings. The number of urea groups is 1. The summed E-state index contributed by atoms with van der Waals surface area (Å²) in [4.78, 5) is 27.5. The fraction of sp³-hybridized carbons (Fsp3) is 0.174. The predicted octanol–water partition coefficient (Wildman–Crippen LogP) is 3.45. The molecule has 3 aromatic rings. The Morgan fingerprint density at radius 1 is 0.900 bits per heavy atom. The van der Waals surface area contributed by atoms with Crippen LogP contribution < -0.4 is 20.7 Å². The quantitative estimate of drug-likeness (QED) is 0.536. The van der Waals surface area contributed by atoms with Crippen LogP contribution in [0.2, 0.25) is 0 Å². The minimum absolute atomic E-state index is 0.166. The van der Waals surface area contributed by atoms with E-state index in [4.69, 9.17) is 4.74 Å². The van der Waals surface area contributed by atoms with Crippen LogP contribution in [0.5, 0.6) is 5.75 Å². The monoisotopic (exact) mass is 404 g/mol. The van der Waals surface area contributed by atoms with Crippen molar-refractivity contribution < 1.29 is 14.3 Å². The third kappa shape index (κ3) is 6.34. The lowest BCUT2D eigenvalue weighted by Gasteiger charge is -2.22. The van der Waals surface area contributed by atoms with Gasteiger partial charge >= 0.3 is 6.03 Å². The van der Waals surface area contributed by atoms with Crippen LogP contribution in [0, 0.1) is 0 Å². The van der Waals surface area contributed by atoms with E-state index in [2.05, 4.69) is 20.9 Å². The Balaban J connectivity index is 1.68. The molecule has 1 aromatic heterocycles. The Morgan fingerprint density at radius 3 is 2.30 bits per heavy atom. The predicted molar refractivity (Wildman–Crippen MR) is 116 cm³/mol. The van der Waals surface area contributed by atoms with Crippen LogP contribution in [0.15, 0.2) is 79.1 Å². The molecule has 7 heteroatoms. The second kappa shape index (κ2) is 10.6. The molecule has 3 N–H and O–H groups in total. The molecule has 1 atom stereocenters. The zero-order valence-electron chi connectivity index (χ0n) is 16.7. The lowest BCUT2D eigenvalue weighted by Crippen LogP contribution is -2.43. The van der Waals surface area contributed by atoms with Crippen molar-refractivity contribution in [1.82, 2.24) is 15.6 Å². The van der Waals surface area contributed by atoms with Crippen molar-refractivity contribution in [2.45, 2.75) is 13.0 Å². The number of nitrogens with zero attached hydrogens (tertiary/aromatic N) is 1. The summed E-state index contributed by atoms with van der Waals surface area (Å²) in [5, 5.41) is 8.27. The highest BCUT2D eigenvalue weighted by atomic mass is 16.5. The number of hydrogen-bond donors (Lipinski definition) is 3. The number of nitrogens with one attached hydrogen (secondary N) is 3. The van der Waals surface area contributed by atoms with E-state index in [-0.39, 0.29) is 25.0 Å². The number of rotatable bonds is 8. The molecule has 0 saturated heterocycles. The van der Waals surface area contributed by atoms with Crippen molar-refractivity contribution in [3.63, 3.8) is 0 Å². The van der Waals surface area contributed by atoms with Gasteiger partial charge in [-0.05, 0) is 23.8 Å². The van der Waals surface area contributed by atoms with Gasteiger partial charge in [0.25, 0.3) is 0 Å². The van der Waals surface area contributed by atoms with Crippen LogP contribution in [-0.2, 0) is 4.79 Å². The smallest absolute Gasteiger partial charge is 0.319 e. The summed E-state index contributed by atoms with van der Waals surface area (Å²) in [6.45, 7) is 1.91. The number of hydrogen-bond acceptors (Lipinski definition) is 4. The molecule has 1 heterocycles. The van der Waals surface area contributed by atoms with E-state index in [1.165, 1.54) is 6.92 Å². The van der Waals surface area contributed by atoms with Gasteiger partial charge in [-0.15, -0.1) is 0 Å². The summed E-state index contributed by atoms with van der Waals surface area (Å²) in [5.41, 5.74) is 2.60. The van der Waals surface area contributed by atoms with E-state index in [0.717, 1.165) is 11.1 Å². The molecule has 0 aliphatic heterocycles. The van der Waals surface area contributed by atoms with Crippen LogP contribution in [-0.4, -0.2) is 36.1 Å². The molecule has 0 spiro atoms. The lowest BCUT2D eigenvalue weighted by molar-refractivity contribution is -0.119. The second-order valence-corrected chi connectivity index (χ2v) is 6.61. The van der Waals surface area contributed by atoms with Crippen molar-refractivity contribution in [2.24, 2.45) is 0 Å². The van der Waals surface area contributed by atoms with Gasteiger partial charge in [0.2, 0.25) is 5.91 Å². The zero-order chi connectivity index (χ0) is 21.2. The molecule has 0 aliphatic carbocycles. The minimum atomic E-state index is -0.457. The summed E-state index contributed by atoms with van der Waals surface area (Å²) in [6, 6.07) is 20.6. The van der Waals surface area contributed by atoms with Crippen molar-refractivity contribution in [1.29, 1.82) is 0 Å². The number of carbonyl (C=O) groups is 2. The Hall–Kier alpha value is -3.87. The average molecular weight is 404 g/mol. The van der Waals surface area contributed by atoms with Crippen LogP contribution in [0.25, 0.3) is 11.1 Å². The van der Waals surface area contributed by atoms with Gasteiger partial charge in [-0.1, -0.05) is 48.5 Å². The molecular formula is C23H24N4O3. The first-order valence-electron chi connectivity index (χ1n) is 9.62. The Labute approximate surface area is 175 Å². The van der Waals surface area contributed by atoms with Gasteiger partial charge in [-0.3, -0.25) is 9.78 Å². The Morgan fingerprint density at radius 2 is 1.57 bits per heavy atom. The van der Waals surface area contributed by atoms with Crippen LogP contribution in [0.4, 0.5) is 10.5 Å². The fourth-order valence-electron chi connectivity index (χ4n) is 2.84. The first-order chi connectivity index (χ1) is 14.6. The van der Waals surface area contributed by atoms with E-state index in [0.29, 0.717) is 11.4 Å². The molecule has 30 heavy (non-hydrogen) atoms. The maximum absolute atomic E-state index is 12.2. The molecule has 3 amide bonds. The number of aromatic nitrogens is 1. The molecule has 2 aromatic carbocycles. The average Bonchev–Trinajstić information content (AvgIpc) is 2.77. The Bertz CT molecular complexity index is 964. The highest BCUT2D eigenvalue weighted by Crippen LogP contribution is 2.30. The van der Waals surface area contributed by atoms with Gasteiger partial charge in [0, 0.05) is 30.6 Å². The maximum atomic E-state index is 12.2. The summed E-state index contributed by atoms with van der Waals surface area (Å²) in [7, 11) is 0. The number of carbonyl (C=O) groups excluding carboxylic acids is 2. The topological polar surface area (TPSA) is 92.4 Å². The summed E-state index contributed by atoms with van der Waals surface area (Å²) in [5.74, 6) is 0.511. The zero-order valence-corrected chi connectivity index (χ0v) is 16.7. The third-order valence-corrected chi connectivity index (χ3v) is 4.27. The molecule has 0 aliphatic rings. The van der Waals surface area contributed by atoms with E-state index in [9.17, 15) is 9.59 Å². The van der Waals surface area contributed by atoms with Gasteiger partial charge in [-0.2, -0.15) is 0 Å². The van der Waals surface area contributed by atoms with Gasteiger partial charge in [0.05, 0.1) is 13.1 Å². The summed E-state index contributed by atoms with van der Waals surface area (Å²) >= 11 is 0. The van der Waals surface area contributed by atoms with Crippen molar-refractivity contribution in [3.05, 3.63) is 79.1 Å². The molecule has 3 rings (SSSR count). The largest absolute Gasteiger partial charge is 0.486 e. The standard InChI is InChI=1S/C23H24N4O3/c1-17(28)25-15-20(16-26-23(29)27-19-11-13-24-14-12-19)30-22-10-6-5-9-21(22)18-7-3-2-4-8-18/h2-14,20H,15-16H2,1H3,(H,25,28)(H2,24,26,27,29). The number of para-hydroxylation sites is 1. The number of pyridine rings is 1. The molecular weight excluding hydrogens is 380 g/mol. The molecule has 0 saturated carbocycles. The van der Waals surface area contributed by atoms with Gasteiger partial charge in [0.15, 0.2) is 0 Å². The van der Waals surface area contributed by atoms with E-state index < -0.39 is 6.10 Å². The van der Waals surface area contributed by atoms with E-state index >= 15 is 0 Å². The molecule has 0 bridgehead atoms. The summed E-state index contributed by atoms with van der Waals surface area (Å²) in [6.07, 6.45) is 2.74. The molecule has 0 radical (unpaired) electrons. The van der Waals surface area contributed by atoms with Crippen LogP contribution in [0.1, 0.15) is 6.92 Å². The SMILES string of the molecule is CC(=O)NCC(CNC(=O)Nc1ccncc1)Oc1ccccc1-c1ccccc1. The van der Waals surface area contributed by atoms with Crippen LogP contribution in [0.3, 0.4) is 0 Å². The fourth-order valence-corrected chi connectivity index (χ4v) is 2.84. The molecule has 154 valence electrons. The first kappa shape index (κ1) is 20.9. The van der Waals surface area contributed by atoms with E-state index in [1.807, 2.05) is 54.6 Å². The van der Waals surface area contributed by atoms with Gasteiger partial charge < -0.3 is 20.7 Å². The number of benzene rings is 2. The minimum Gasteiger partial charge on any atom is -0.486 e. The van der Waals surface area contributed by atoms with Gasteiger partial charge in [0.1, 0.15) is 11.9 Å². The normalized spacial score (nSPS) is 11.2. The highest BCUT2D eigenvalue weighted by Gasteiger charge is 2.16. The van der Waals surface area contributed by atoms with Crippen molar-refractivity contribution in [3.8, 4) is 16.9 Å². The lowest BCUT2D eigenvalue weighted by atomic mass is 10.0. The van der Waals surface area contributed by atoms with Gasteiger partial charge in [-0.25, -0.2) is 4.79 Å². The number of anilines is 1. The summed E-state index contributed by atoms with van der Waals surface area (Å²) < 4.78 is 6.18. The third-order valence-electron chi connectivity index (χ3n) is 4.27. The number of amides is 3. The molecule has 1 unspecified atom stereocenters. The number of ether oxygens (including phenoxy) is 1. The second-order valence-electron chi connectivity index (χ2n) is 6.61. The molecule has 7 nitrogen and oxygen atoms in total. The van der Waals surface area contributed by atoms with Crippen molar-refractivity contribution in [2.75, 3.05) is 18.4 Å². The first-order valence-corrected chi connectivity index (χ1v) is 9.62. The van der Waals surface area contributed by atoms with Crippen molar-refractivity contribution >= 4 is 17.6 Å².